The zero-order valence-electron chi connectivity index (χ0n) is 21.5. The first-order chi connectivity index (χ1) is 18.3. The number of aromatic nitrogens is 1. The van der Waals surface area contributed by atoms with Gasteiger partial charge in [-0.2, -0.15) is 9.37 Å². The van der Waals surface area contributed by atoms with E-state index in [0.29, 0.717) is 42.4 Å². The second kappa shape index (κ2) is 12.1. The highest BCUT2D eigenvalue weighted by molar-refractivity contribution is 5.90. The number of carbonyl (C=O) groups is 2. The Morgan fingerprint density at radius 3 is 2.45 bits per heavy atom. The summed E-state index contributed by atoms with van der Waals surface area (Å²) >= 11 is 0. The van der Waals surface area contributed by atoms with E-state index in [4.69, 9.17) is 19.6 Å². The molecule has 0 aliphatic carbocycles. The Hall–Kier alpha value is -3.86. The summed E-state index contributed by atoms with van der Waals surface area (Å²) in [5, 5.41) is 12.9. The van der Waals surface area contributed by atoms with Crippen LogP contribution in [0.4, 0.5) is 10.4 Å². The highest BCUT2D eigenvalue weighted by Crippen LogP contribution is 2.32. The van der Waals surface area contributed by atoms with Crippen LogP contribution in [-0.4, -0.2) is 59.2 Å². The van der Waals surface area contributed by atoms with Crippen molar-refractivity contribution in [3.8, 4) is 11.5 Å². The summed E-state index contributed by atoms with van der Waals surface area (Å²) in [6.07, 6.45) is 1.32. The minimum Gasteiger partial charge on any atom is -0.491 e. The summed E-state index contributed by atoms with van der Waals surface area (Å²) in [6.45, 7) is 6.59. The number of hydrogen-bond acceptors (Lipinski definition) is 8. The van der Waals surface area contributed by atoms with Crippen LogP contribution in [0.3, 0.4) is 0 Å². The highest BCUT2D eigenvalue weighted by atomic mass is 19.1. The number of carbonyl (C=O) groups excluding carboxylic acids is 1. The third kappa shape index (κ3) is 6.34. The Morgan fingerprint density at radius 2 is 1.87 bits per heavy atom. The summed E-state index contributed by atoms with van der Waals surface area (Å²) in [4.78, 5) is 30.0. The molecule has 204 valence electrons. The summed E-state index contributed by atoms with van der Waals surface area (Å²) in [7, 11) is 0. The van der Waals surface area contributed by atoms with Gasteiger partial charge in [0.25, 0.3) is 6.01 Å². The van der Waals surface area contributed by atoms with Crippen LogP contribution in [0, 0.1) is 5.82 Å². The third-order valence-electron chi connectivity index (χ3n) is 6.52. The van der Waals surface area contributed by atoms with Gasteiger partial charge in [0.15, 0.2) is 17.1 Å². The van der Waals surface area contributed by atoms with E-state index in [1.54, 1.807) is 30.3 Å². The predicted octanol–water partition coefficient (Wildman–Crippen LogP) is 3.88. The second-order valence-electron chi connectivity index (χ2n) is 9.24. The first-order valence-corrected chi connectivity index (χ1v) is 12.8. The second-order valence-corrected chi connectivity index (χ2v) is 9.24. The van der Waals surface area contributed by atoms with Gasteiger partial charge in [0, 0.05) is 32.1 Å². The van der Waals surface area contributed by atoms with Gasteiger partial charge in [0.1, 0.15) is 5.52 Å². The van der Waals surface area contributed by atoms with Crippen molar-refractivity contribution in [2.45, 2.75) is 51.6 Å². The van der Waals surface area contributed by atoms with Crippen molar-refractivity contribution in [3.63, 3.8) is 0 Å². The third-order valence-corrected chi connectivity index (χ3v) is 6.52. The number of piperidine rings is 1. The van der Waals surface area contributed by atoms with Crippen molar-refractivity contribution in [2.75, 3.05) is 31.6 Å². The molecule has 1 saturated heterocycles. The van der Waals surface area contributed by atoms with E-state index < -0.39 is 23.6 Å². The molecule has 4 N–H and O–H groups in total. The van der Waals surface area contributed by atoms with Gasteiger partial charge < -0.3 is 30.0 Å². The number of nitrogens with two attached hydrogens (primary N) is 1. The maximum absolute atomic E-state index is 14.6. The first kappa shape index (κ1) is 27.2. The van der Waals surface area contributed by atoms with Gasteiger partial charge in [-0.05, 0) is 56.0 Å². The van der Waals surface area contributed by atoms with E-state index in [9.17, 15) is 19.1 Å². The molecule has 1 aromatic heterocycles. The number of fused-ring (bicyclic) bond motifs is 1. The van der Waals surface area contributed by atoms with Gasteiger partial charge in [-0.25, -0.2) is 0 Å². The molecule has 0 radical (unpaired) electrons. The lowest BCUT2D eigenvalue weighted by Crippen LogP contribution is -2.38. The molecule has 1 fully saturated rings. The minimum atomic E-state index is -1.15. The lowest BCUT2D eigenvalue weighted by Gasteiger charge is -2.32. The van der Waals surface area contributed by atoms with Crippen molar-refractivity contribution in [1.29, 1.82) is 0 Å². The Balaban J connectivity index is 1.41. The fraction of sp³-hybridized carbons (Fsp3) is 0.444. The van der Waals surface area contributed by atoms with Crippen LogP contribution in [0.2, 0.25) is 0 Å². The molecule has 1 unspecified atom stereocenters. The van der Waals surface area contributed by atoms with Gasteiger partial charge >= 0.3 is 5.97 Å². The number of carboxylic acids is 1. The molecule has 2 aromatic carbocycles. The molecule has 11 heteroatoms. The van der Waals surface area contributed by atoms with Crippen molar-refractivity contribution in [1.82, 2.24) is 9.88 Å². The summed E-state index contributed by atoms with van der Waals surface area (Å²) < 4.78 is 31.3. The van der Waals surface area contributed by atoms with Gasteiger partial charge in [-0.3, -0.25) is 14.5 Å². The summed E-state index contributed by atoms with van der Waals surface area (Å²) in [5.41, 5.74) is 7.39. The van der Waals surface area contributed by atoms with E-state index in [0.717, 1.165) is 31.5 Å². The number of hydrogen-bond donors (Lipinski definition) is 3. The van der Waals surface area contributed by atoms with Crippen LogP contribution in [0.15, 0.2) is 34.7 Å². The number of amides is 1. The fourth-order valence-electron chi connectivity index (χ4n) is 4.75. The number of para-hydroxylation sites is 1. The van der Waals surface area contributed by atoms with Crippen LogP contribution in [0.25, 0.3) is 11.1 Å². The number of anilines is 1. The Kier molecular flexibility index (Phi) is 8.67. The number of aliphatic carboxylic acids is 1. The zero-order chi connectivity index (χ0) is 27.2. The molecule has 38 heavy (non-hydrogen) atoms. The molecule has 3 aromatic rings. The molecular formula is C27H33FN4O6. The van der Waals surface area contributed by atoms with E-state index in [1.165, 1.54) is 0 Å². The van der Waals surface area contributed by atoms with E-state index in [2.05, 4.69) is 15.2 Å². The summed E-state index contributed by atoms with van der Waals surface area (Å²) in [6, 6.07) is 8.86. The van der Waals surface area contributed by atoms with Crippen LogP contribution in [0.5, 0.6) is 11.5 Å². The number of halogens is 1. The van der Waals surface area contributed by atoms with Crippen molar-refractivity contribution in [2.24, 2.45) is 5.73 Å². The SMILES string of the molecule is CCOc1cc(CN2CCC(Nc3nc4c(C(CC(N)=O)C(=O)O)cccc4o3)CC2)cc(OCC)c1F. The number of oxazole rings is 1. The molecule has 1 aliphatic heterocycles. The van der Waals surface area contributed by atoms with Gasteiger partial charge in [0.2, 0.25) is 11.7 Å². The molecule has 2 heterocycles. The molecule has 0 bridgehead atoms. The predicted molar refractivity (Wildman–Crippen MR) is 139 cm³/mol. The molecular weight excluding hydrogens is 495 g/mol. The normalized spacial score (nSPS) is 15.3. The van der Waals surface area contributed by atoms with Gasteiger partial charge in [-0.1, -0.05) is 12.1 Å². The number of carboxylic acid groups (broad SMARTS) is 1. The lowest BCUT2D eigenvalue weighted by molar-refractivity contribution is -0.140. The average molecular weight is 529 g/mol. The van der Waals surface area contributed by atoms with Crippen LogP contribution in [0.1, 0.15) is 50.2 Å². The molecule has 0 saturated carbocycles. The monoisotopic (exact) mass is 528 g/mol. The molecule has 0 spiro atoms. The number of primary amides is 1. The van der Waals surface area contributed by atoms with E-state index in [-0.39, 0.29) is 24.0 Å². The van der Waals surface area contributed by atoms with Crippen molar-refractivity contribution in [3.05, 3.63) is 47.3 Å². The molecule has 4 rings (SSSR count). The zero-order valence-corrected chi connectivity index (χ0v) is 21.5. The largest absolute Gasteiger partial charge is 0.491 e. The number of ether oxygens (including phenoxy) is 2. The molecule has 10 nitrogen and oxygen atoms in total. The molecule has 1 amide bonds. The van der Waals surface area contributed by atoms with Crippen molar-refractivity contribution >= 4 is 29.0 Å². The van der Waals surface area contributed by atoms with Crippen LogP contribution >= 0.6 is 0 Å². The Bertz CT molecular complexity index is 1260. The maximum Gasteiger partial charge on any atom is 0.311 e. The fourth-order valence-corrected chi connectivity index (χ4v) is 4.75. The first-order valence-electron chi connectivity index (χ1n) is 12.8. The van der Waals surface area contributed by atoms with E-state index in [1.807, 2.05) is 13.8 Å². The number of benzene rings is 2. The van der Waals surface area contributed by atoms with E-state index >= 15 is 0 Å². The lowest BCUT2D eigenvalue weighted by atomic mass is 9.94. The Labute approximate surface area is 219 Å². The topological polar surface area (TPSA) is 140 Å². The van der Waals surface area contributed by atoms with Gasteiger partial charge in [0.05, 0.1) is 19.1 Å². The standard InChI is InChI=1S/C27H33FN4O6/c1-3-36-21-12-16(13-22(24(21)28)37-4-2)15-32-10-8-17(9-11-32)30-27-31-25-18(6-5-7-20(25)38-27)19(26(34)35)14-23(29)33/h5-7,12-13,17,19H,3-4,8-11,14-15H2,1-2H3,(H2,29,33)(H,30,31)(H,34,35). The highest BCUT2D eigenvalue weighted by Gasteiger charge is 2.27. The van der Waals surface area contributed by atoms with Gasteiger partial charge in [-0.15, -0.1) is 0 Å². The number of nitrogens with one attached hydrogen (secondary N) is 1. The number of nitrogens with zero attached hydrogens (tertiary/aromatic N) is 2. The summed E-state index contributed by atoms with van der Waals surface area (Å²) in [5.74, 6) is -3.04. The number of rotatable bonds is 12. The quantitative estimate of drug-likeness (QED) is 0.319. The smallest absolute Gasteiger partial charge is 0.311 e. The van der Waals surface area contributed by atoms with Crippen LogP contribution < -0.4 is 20.5 Å². The molecule has 1 aliphatic rings. The van der Waals surface area contributed by atoms with Crippen molar-refractivity contribution < 1.29 is 33.0 Å². The average Bonchev–Trinajstić information content (AvgIpc) is 3.29. The Morgan fingerprint density at radius 1 is 1.21 bits per heavy atom. The minimum absolute atomic E-state index is 0.106. The van der Waals surface area contributed by atoms with Crippen LogP contribution in [-0.2, 0) is 16.1 Å². The maximum atomic E-state index is 14.6. The number of likely N-dealkylation sites (tertiary alicyclic amines) is 1. The molecule has 1 atom stereocenters.